The molecule has 0 spiro atoms. The molecule has 1 rings (SSSR count). The molecule has 0 amide bonds. The van der Waals surface area contributed by atoms with E-state index in [0.717, 1.165) is 0 Å². The van der Waals surface area contributed by atoms with Gasteiger partial charge in [-0.25, -0.2) is 9.78 Å². The maximum absolute atomic E-state index is 11.5. The van der Waals surface area contributed by atoms with Gasteiger partial charge in [-0.2, -0.15) is 0 Å². The summed E-state index contributed by atoms with van der Waals surface area (Å²) in [5.41, 5.74) is 1.77. The van der Waals surface area contributed by atoms with Crippen LogP contribution in [-0.2, 0) is 4.74 Å². The fourth-order valence-corrected chi connectivity index (χ4v) is 1.52. The number of H-pyrrole nitrogens is 1. The van der Waals surface area contributed by atoms with Crippen LogP contribution in [0.25, 0.3) is 0 Å². The van der Waals surface area contributed by atoms with E-state index >= 15 is 0 Å². The Morgan fingerprint density at radius 1 is 1.57 bits per heavy atom. The van der Waals surface area contributed by atoms with Crippen LogP contribution in [0.2, 0.25) is 0 Å². The van der Waals surface area contributed by atoms with Crippen LogP contribution in [0, 0.1) is 18.6 Å². The fraction of sp³-hybridized carbons (Fsp3) is 0.444. The average molecular weight is 212 g/mol. The zero-order valence-electron chi connectivity index (χ0n) is 8.38. The zero-order valence-corrected chi connectivity index (χ0v) is 9.20. The molecule has 5 heteroatoms. The summed E-state index contributed by atoms with van der Waals surface area (Å²) in [4.78, 5) is 18.3. The summed E-state index contributed by atoms with van der Waals surface area (Å²) < 4.78 is 5.28. The number of aromatic nitrogens is 2. The second-order valence-corrected chi connectivity index (χ2v) is 3.23. The largest absolute Gasteiger partial charge is 0.462 e. The lowest BCUT2D eigenvalue weighted by molar-refractivity contribution is 0.0523. The van der Waals surface area contributed by atoms with E-state index in [1.54, 1.807) is 20.8 Å². The molecular formula is C9H12N2O2S. The third kappa shape index (κ3) is 2.17. The number of ether oxygens (including phenoxy) is 1. The van der Waals surface area contributed by atoms with Crippen LogP contribution in [0.4, 0.5) is 0 Å². The van der Waals surface area contributed by atoms with Crippen molar-refractivity contribution in [2.24, 2.45) is 0 Å². The van der Waals surface area contributed by atoms with Crippen molar-refractivity contribution in [1.29, 1.82) is 0 Å². The first-order valence-electron chi connectivity index (χ1n) is 4.31. The van der Waals surface area contributed by atoms with Crippen molar-refractivity contribution in [3.8, 4) is 0 Å². The van der Waals surface area contributed by atoms with Crippen molar-refractivity contribution >= 4 is 18.2 Å². The Kier molecular flexibility index (Phi) is 3.35. The molecule has 14 heavy (non-hydrogen) atoms. The van der Waals surface area contributed by atoms with Crippen LogP contribution in [0.5, 0.6) is 0 Å². The molecule has 0 atom stereocenters. The molecule has 0 aromatic carbocycles. The van der Waals surface area contributed by atoms with Gasteiger partial charge in [-0.3, -0.25) is 0 Å². The minimum atomic E-state index is -0.360. The number of aromatic amines is 1. The third-order valence-corrected chi connectivity index (χ3v) is 1.97. The summed E-state index contributed by atoms with van der Waals surface area (Å²) in [6, 6.07) is 0. The lowest BCUT2D eigenvalue weighted by Gasteiger charge is -2.07. The van der Waals surface area contributed by atoms with Crippen LogP contribution in [0.1, 0.15) is 28.7 Å². The SMILES string of the molecule is CCOC(=O)c1c(C)nc(=S)[nH]c1C. The fourth-order valence-electron chi connectivity index (χ4n) is 1.23. The monoisotopic (exact) mass is 212 g/mol. The Labute approximate surface area is 87.3 Å². The van der Waals surface area contributed by atoms with Crippen LogP contribution in [-0.4, -0.2) is 22.5 Å². The molecule has 1 aromatic heterocycles. The quantitative estimate of drug-likeness (QED) is 0.601. The van der Waals surface area contributed by atoms with Gasteiger partial charge in [0.15, 0.2) is 4.77 Å². The molecule has 1 aromatic rings. The molecule has 0 unspecified atom stereocenters. The van der Waals surface area contributed by atoms with Crippen molar-refractivity contribution < 1.29 is 9.53 Å². The van der Waals surface area contributed by atoms with Crippen molar-refractivity contribution in [2.45, 2.75) is 20.8 Å². The summed E-state index contributed by atoms with van der Waals surface area (Å²) in [6.07, 6.45) is 0. The number of hydrogen-bond acceptors (Lipinski definition) is 4. The van der Waals surface area contributed by atoms with Crippen molar-refractivity contribution in [2.75, 3.05) is 6.61 Å². The molecule has 0 saturated carbocycles. The lowest BCUT2D eigenvalue weighted by Crippen LogP contribution is -2.11. The van der Waals surface area contributed by atoms with Crippen LogP contribution >= 0.6 is 12.2 Å². The number of nitrogens with one attached hydrogen (secondary N) is 1. The Morgan fingerprint density at radius 2 is 2.21 bits per heavy atom. The van der Waals surface area contributed by atoms with Crippen LogP contribution in [0.15, 0.2) is 0 Å². The van der Waals surface area contributed by atoms with Gasteiger partial charge in [-0.15, -0.1) is 0 Å². The molecule has 0 bridgehead atoms. The minimum absolute atomic E-state index is 0.355. The number of rotatable bonds is 2. The van der Waals surface area contributed by atoms with Crippen LogP contribution < -0.4 is 0 Å². The first-order valence-corrected chi connectivity index (χ1v) is 4.71. The van der Waals surface area contributed by atoms with E-state index in [1.807, 2.05) is 0 Å². The number of carbonyl (C=O) groups is 1. The normalized spacial score (nSPS) is 9.93. The standard InChI is InChI=1S/C9H12N2O2S/c1-4-13-8(12)7-5(2)10-9(14)11-6(7)3/h4H2,1-3H3,(H,10,11,14). The molecule has 0 saturated heterocycles. The van der Waals surface area contributed by atoms with Crippen molar-refractivity contribution in [3.05, 3.63) is 21.7 Å². The van der Waals surface area contributed by atoms with Crippen molar-refractivity contribution in [3.63, 3.8) is 0 Å². The van der Waals surface area contributed by atoms with Gasteiger partial charge in [0.25, 0.3) is 0 Å². The number of hydrogen-bond donors (Lipinski definition) is 1. The number of esters is 1. The van der Waals surface area contributed by atoms with Crippen LogP contribution in [0.3, 0.4) is 0 Å². The Morgan fingerprint density at radius 3 is 2.71 bits per heavy atom. The predicted octanol–water partition coefficient (Wildman–Crippen LogP) is 1.93. The summed E-state index contributed by atoms with van der Waals surface area (Å²) in [5.74, 6) is -0.360. The van der Waals surface area contributed by atoms with Gasteiger partial charge < -0.3 is 9.72 Å². The molecular weight excluding hydrogens is 200 g/mol. The molecule has 76 valence electrons. The molecule has 4 nitrogen and oxygen atoms in total. The van der Waals surface area contributed by atoms with E-state index in [0.29, 0.717) is 28.3 Å². The number of aryl methyl sites for hydroxylation is 2. The van der Waals surface area contributed by atoms with E-state index in [4.69, 9.17) is 17.0 Å². The highest BCUT2D eigenvalue weighted by atomic mass is 32.1. The summed E-state index contributed by atoms with van der Waals surface area (Å²) in [6.45, 7) is 5.63. The Hall–Kier alpha value is -1.23. The van der Waals surface area contributed by atoms with Gasteiger partial charge in [0.05, 0.1) is 17.9 Å². The summed E-state index contributed by atoms with van der Waals surface area (Å²) >= 11 is 4.88. The topological polar surface area (TPSA) is 55.0 Å². The molecule has 0 aliphatic rings. The average Bonchev–Trinajstić information content (AvgIpc) is 2.01. The summed E-state index contributed by atoms with van der Waals surface area (Å²) in [5, 5.41) is 0. The van der Waals surface area contributed by atoms with Gasteiger partial charge in [0, 0.05) is 5.69 Å². The van der Waals surface area contributed by atoms with E-state index in [2.05, 4.69) is 9.97 Å². The van der Waals surface area contributed by atoms with E-state index in [9.17, 15) is 4.79 Å². The highest BCUT2D eigenvalue weighted by Gasteiger charge is 2.14. The second-order valence-electron chi connectivity index (χ2n) is 2.85. The summed E-state index contributed by atoms with van der Waals surface area (Å²) in [7, 11) is 0. The Bertz CT molecular complexity index is 386. The maximum atomic E-state index is 11.5. The smallest absolute Gasteiger partial charge is 0.341 e. The molecule has 0 radical (unpaired) electrons. The maximum Gasteiger partial charge on any atom is 0.341 e. The number of carbonyl (C=O) groups excluding carboxylic acids is 1. The molecule has 1 N–H and O–H groups in total. The minimum Gasteiger partial charge on any atom is -0.462 e. The van der Waals surface area contributed by atoms with E-state index in [1.165, 1.54) is 0 Å². The zero-order chi connectivity index (χ0) is 10.7. The molecule has 0 fully saturated rings. The Balaban J connectivity index is 3.21. The van der Waals surface area contributed by atoms with Crippen molar-refractivity contribution in [1.82, 2.24) is 9.97 Å². The van der Waals surface area contributed by atoms with E-state index < -0.39 is 0 Å². The van der Waals surface area contributed by atoms with Gasteiger partial charge in [0.2, 0.25) is 0 Å². The van der Waals surface area contributed by atoms with Gasteiger partial charge >= 0.3 is 5.97 Å². The first-order chi connectivity index (χ1) is 6.56. The molecule has 0 aliphatic carbocycles. The lowest BCUT2D eigenvalue weighted by atomic mass is 10.2. The number of nitrogens with zero attached hydrogens (tertiary/aromatic N) is 1. The first kappa shape index (κ1) is 10.8. The molecule has 1 heterocycles. The highest BCUT2D eigenvalue weighted by molar-refractivity contribution is 7.71. The highest BCUT2D eigenvalue weighted by Crippen LogP contribution is 2.10. The predicted molar refractivity (Wildman–Crippen MR) is 54.9 cm³/mol. The molecule has 0 aliphatic heterocycles. The third-order valence-electron chi connectivity index (χ3n) is 1.78. The second kappa shape index (κ2) is 4.32. The van der Waals surface area contributed by atoms with Gasteiger partial charge in [-0.1, -0.05) is 0 Å². The van der Waals surface area contributed by atoms with E-state index in [-0.39, 0.29) is 5.97 Å². The van der Waals surface area contributed by atoms with Gasteiger partial charge in [0.1, 0.15) is 0 Å². The van der Waals surface area contributed by atoms with Gasteiger partial charge in [-0.05, 0) is 33.0 Å².